The van der Waals surface area contributed by atoms with Crippen LogP contribution in [0.3, 0.4) is 0 Å². The van der Waals surface area contributed by atoms with E-state index >= 15 is 0 Å². The molecule has 2 aromatic rings. The minimum Gasteiger partial charge on any atom is -0.497 e. The minimum absolute atomic E-state index is 0.0164. The molecule has 0 unspecified atom stereocenters. The topological polar surface area (TPSA) is 58.6 Å². The normalized spacial score (nSPS) is 26.4. The molecule has 2 heterocycles. The number of methoxy groups -OCH3 is 1. The zero-order valence-corrected chi connectivity index (χ0v) is 19.1. The molecule has 5 nitrogen and oxygen atoms in total. The van der Waals surface area contributed by atoms with E-state index in [-0.39, 0.29) is 23.5 Å². The van der Waals surface area contributed by atoms with E-state index in [4.69, 9.17) is 4.74 Å². The number of carbonyl (C=O) groups is 2. The van der Waals surface area contributed by atoms with Gasteiger partial charge in [0, 0.05) is 25.4 Å². The molecule has 2 aromatic carbocycles. The van der Waals surface area contributed by atoms with E-state index in [1.807, 2.05) is 35.2 Å². The number of rotatable bonds is 4. The number of hydrogen-bond acceptors (Lipinski definition) is 3. The molecule has 2 aliphatic heterocycles. The Hall–Kier alpha value is -2.89. The van der Waals surface area contributed by atoms with Crippen LogP contribution in [0, 0.1) is 5.82 Å². The number of benzene rings is 2. The van der Waals surface area contributed by atoms with Crippen LogP contribution in [0.4, 0.5) is 4.39 Å². The van der Waals surface area contributed by atoms with Gasteiger partial charge in [-0.2, -0.15) is 0 Å². The van der Waals surface area contributed by atoms with Gasteiger partial charge in [0.15, 0.2) is 0 Å². The monoisotopic (exact) mass is 450 g/mol. The van der Waals surface area contributed by atoms with Crippen molar-refractivity contribution in [1.29, 1.82) is 0 Å². The predicted molar refractivity (Wildman–Crippen MR) is 124 cm³/mol. The summed E-state index contributed by atoms with van der Waals surface area (Å²) >= 11 is 0. The first kappa shape index (κ1) is 21.9. The van der Waals surface area contributed by atoms with Gasteiger partial charge < -0.3 is 15.0 Å². The SMILES string of the molecule is COc1ccc(C2(C(=O)N3C[C@@H](c4cccc(F)c4)[C@@]4(CCCC(=O)N4)C3)CCCC2)cc1. The van der Waals surface area contributed by atoms with Gasteiger partial charge >= 0.3 is 0 Å². The Labute approximate surface area is 194 Å². The quantitative estimate of drug-likeness (QED) is 0.755. The molecule has 174 valence electrons. The fourth-order valence-electron chi connectivity index (χ4n) is 6.38. The summed E-state index contributed by atoms with van der Waals surface area (Å²) in [7, 11) is 1.64. The summed E-state index contributed by atoms with van der Waals surface area (Å²) in [5.41, 5.74) is 0.778. The van der Waals surface area contributed by atoms with Gasteiger partial charge in [-0.15, -0.1) is 0 Å². The largest absolute Gasteiger partial charge is 0.497 e. The van der Waals surface area contributed by atoms with Crippen LogP contribution in [-0.2, 0) is 15.0 Å². The summed E-state index contributed by atoms with van der Waals surface area (Å²) in [6.07, 6.45) is 5.74. The molecule has 2 amide bonds. The van der Waals surface area contributed by atoms with Gasteiger partial charge in [0.05, 0.1) is 18.1 Å². The first-order valence-corrected chi connectivity index (χ1v) is 12.0. The van der Waals surface area contributed by atoms with Crippen LogP contribution in [0.15, 0.2) is 48.5 Å². The van der Waals surface area contributed by atoms with Crippen molar-refractivity contribution < 1.29 is 18.7 Å². The lowest BCUT2D eigenvalue weighted by molar-refractivity contribution is -0.137. The number of nitrogens with zero attached hydrogens (tertiary/aromatic N) is 1. The number of hydrogen-bond donors (Lipinski definition) is 1. The van der Waals surface area contributed by atoms with E-state index < -0.39 is 11.0 Å². The number of likely N-dealkylation sites (tertiary alicyclic amines) is 1. The molecule has 1 N–H and O–H groups in total. The number of halogens is 1. The molecular formula is C27H31FN2O3. The Bertz CT molecular complexity index is 1050. The molecule has 0 bridgehead atoms. The van der Waals surface area contributed by atoms with E-state index in [9.17, 15) is 14.0 Å². The number of piperidine rings is 1. The number of nitrogens with one attached hydrogen (secondary N) is 1. The van der Waals surface area contributed by atoms with Crippen molar-refractivity contribution in [3.05, 3.63) is 65.5 Å². The maximum Gasteiger partial charge on any atom is 0.233 e. The van der Waals surface area contributed by atoms with Gasteiger partial charge in [0.2, 0.25) is 11.8 Å². The van der Waals surface area contributed by atoms with Crippen LogP contribution >= 0.6 is 0 Å². The lowest BCUT2D eigenvalue weighted by Gasteiger charge is -2.39. The van der Waals surface area contributed by atoms with Crippen LogP contribution in [0.2, 0.25) is 0 Å². The molecular weight excluding hydrogens is 419 g/mol. The maximum atomic E-state index is 14.2. The van der Waals surface area contributed by atoms with Crippen molar-refractivity contribution in [3.63, 3.8) is 0 Å². The van der Waals surface area contributed by atoms with Crippen LogP contribution in [0.1, 0.15) is 62.0 Å². The van der Waals surface area contributed by atoms with Gasteiger partial charge in [-0.3, -0.25) is 9.59 Å². The zero-order chi connectivity index (χ0) is 23.1. The lowest BCUT2D eigenvalue weighted by Crippen LogP contribution is -2.57. The average Bonchev–Trinajstić information content (AvgIpc) is 3.45. The summed E-state index contributed by atoms with van der Waals surface area (Å²) < 4.78 is 19.4. The molecule has 33 heavy (non-hydrogen) atoms. The van der Waals surface area contributed by atoms with Gasteiger partial charge in [0.1, 0.15) is 11.6 Å². The number of carbonyl (C=O) groups excluding carboxylic acids is 2. The highest BCUT2D eigenvalue weighted by Crippen LogP contribution is 2.47. The summed E-state index contributed by atoms with van der Waals surface area (Å²) in [6.45, 7) is 0.955. The van der Waals surface area contributed by atoms with Crippen molar-refractivity contribution >= 4 is 11.8 Å². The third-order valence-corrected chi connectivity index (χ3v) is 8.01. The minimum atomic E-state index is -0.553. The molecule has 3 fully saturated rings. The lowest BCUT2D eigenvalue weighted by atomic mass is 9.76. The summed E-state index contributed by atoms with van der Waals surface area (Å²) in [5.74, 6) is 0.497. The van der Waals surface area contributed by atoms with Gasteiger partial charge in [-0.1, -0.05) is 37.1 Å². The van der Waals surface area contributed by atoms with Crippen molar-refractivity contribution in [2.75, 3.05) is 20.2 Å². The first-order chi connectivity index (χ1) is 16.0. The third kappa shape index (κ3) is 3.79. The standard InChI is InChI=1S/C27H31FN2O3/c1-33-22-11-9-20(10-12-22)26(13-2-3-14-26)25(32)30-17-23(19-6-4-7-21(28)16-19)27(18-30)15-5-8-24(31)29-27/h4,6-7,9-12,16,23H,2-3,5,8,13-15,17-18H2,1H3,(H,29,31)/t23-,27+/m0/s1. The highest BCUT2D eigenvalue weighted by atomic mass is 19.1. The Morgan fingerprint density at radius 1 is 1.09 bits per heavy atom. The highest BCUT2D eigenvalue weighted by Gasteiger charge is 2.54. The van der Waals surface area contributed by atoms with E-state index in [0.29, 0.717) is 19.5 Å². The molecule has 5 rings (SSSR count). The molecule has 6 heteroatoms. The second kappa shape index (κ2) is 8.47. The van der Waals surface area contributed by atoms with Crippen LogP contribution in [0.5, 0.6) is 5.75 Å². The molecule has 2 atom stereocenters. The van der Waals surface area contributed by atoms with E-state index in [0.717, 1.165) is 55.4 Å². The maximum absolute atomic E-state index is 14.2. The summed E-state index contributed by atoms with van der Waals surface area (Å²) in [5, 5.41) is 3.23. The fraction of sp³-hybridized carbons (Fsp3) is 0.481. The van der Waals surface area contributed by atoms with E-state index in [1.165, 1.54) is 6.07 Å². The van der Waals surface area contributed by atoms with Crippen LogP contribution in [0.25, 0.3) is 0 Å². The highest BCUT2D eigenvalue weighted by molar-refractivity contribution is 5.89. The Morgan fingerprint density at radius 2 is 1.85 bits per heavy atom. The second-order valence-electron chi connectivity index (χ2n) is 9.87. The molecule has 2 saturated heterocycles. The number of amides is 2. The average molecular weight is 451 g/mol. The van der Waals surface area contributed by atoms with Gasteiger partial charge in [-0.05, 0) is 61.1 Å². The molecule has 0 radical (unpaired) electrons. The van der Waals surface area contributed by atoms with Crippen molar-refractivity contribution in [3.8, 4) is 5.75 Å². The van der Waals surface area contributed by atoms with Crippen molar-refractivity contribution in [2.45, 2.75) is 61.8 Å². The summed E-state index contributed by atoms with van der Waals surface area (Å²) in [6, 6.07) is 14.5. The zero-order valence-electron chi connectivity index (χ0n) is 19.1. The fourth-order valence-corrected chi connectivity index (χ4v) is 6.38. The van der Waals surface area contributed by atoms with Crippen LogP contribution < -0.4 is 10.1 Å². The summed E-state index contributed by atoms with van der Waals surface area (Å²) in [4.78, 5) is 28.6. The Kier molecular flexibility index (Phi) is 5.63. The Morgan fingerprint density at radius 3 is 2.52 bits per heavy atom. The third-order valence-electron chi connectivity index (χ3n) is 8.01. The van der Waals surface area contributed by atoms with Gasteiger partial charge in [-0.25, -0.2) is 4.39 Å². The van der Waals surface area contributed by atoms with Crippen molar-refractivity contribution in [2.24, 2.45) is 0 Å². The number of ether oxygens (including phenoxy) is 1. The first-order valence-electron chi connectivity index (χ1n) is 12.0. The van der Waals surface area contributed by atoms with E-state index in [2.05, 4.69) is 5.32 Å². The molecule has 1 saturated carbocycles. The molecule has 3 aliphatic rings. The molecule has 1 spiro atoms. The van der Waals surface area contributed by atoms with E-state index in [1.54, 1.807) is 19.2 Å². The Balaban J connectivity index is 1.50. The predicted octanol–water partition coefficient (Wildman–Crippen LogP) is 4.31. The van der Waals surface area contributed by atoms with Crippen molar-refractivity contribution in [1.82, 2.24) is 10.2 Å². The smallest absolute Gasteiger partial charge is 0.233 e. The second-order valence-corrected chi connectivity index (χ2v) is 9.87. The molecule has 1 aliphatic carbocycles. The molecule has 0 aromatic heterocycles. The van der Waals surface area contributed by atoms with Gasteiger partial charge in [0.25, 0.3) is 0 Å². The van der Waals surface area contributed by atoms with Crippen LogP contribution in [-0.4, -0.2) is 42.5 Å².